The molecule has 0 unspecified atom stereocenters. The van der Waals surface area contributed by atoms with Gasteiger partial charge >= 0.3 is 11.9 Å². The van der Waals surface area contributed by atoms with Gasteiger partial charge in [0.25, 0.3) is 5.91 Å². The van der Waals surface area contributed by atoms with Gasteiger partial charge in [-0.25, -0.2) is 0 Å². The zero-order chi connectivity index (χ0) is 26.7. The number of ketones is 1. The first-order chi connectivity index (χ1) is 17.4. The van der Waals surface area contributed by atoms with Crippen molar-refractivity contribution in [2.45, 2.75) is 25.7 Å². The first-order valence-electron chi connectivity index (χ1n) is 11.6. The van der Waals surface area contributed by atoms with Crippen molar-refractivity contribution in [3.8, 4) is 11.8 Å². The molecule has 1 amide bonds. The molecule has 0 aromatic carbocycles. The van der Waals surface area contributed by atoms with Gasteiger partial charge in [0.05, 0.1) is 85.5 Å². The lowest BCUT2D eigenvalue weighted by atomic mass is 10.2. The Morgan fingerprint density at radius 3 is 1.42 bits per heavy atom. The average Bonchev–Trinajstić information content (AvgIpc) is 2.83. The molecule has 0 saturated carbocycles. The fourth-order valence-electron chi connectivity index (χ4n) is 2.21. The number of hydrogen-bond donors (Lipinski definition) is 3. The minimum atomic E-state index is -0.911. The van der Waals surface area contributed by atoms with Gasteiger partial charge < -0.3 is 44.0 Å². The van der Waals surface area contributed by atoms with Crippen LogP contribution < -0.4 is 5.32 Å². The molecule has 0 radical (unpaired) electrons. The van der Waals surface area contributed by atoms with Crippen LogP contribution in [0.3, 0.4) is 0 Å². The standard InChI is InChI=1S/C23H37NO12/c25-20(2-1-8-31-12-16-35-17-13-32-9-5-22(27)28)3-4-21(26)24-7-11-34-15-19-36-18-14-33-10-6-23(29)30/h1-2,5-19H2,(H,24,26)(H,27,28)(H,29,30). The number of nitrogens with one attached hydrogen (secondary N) is 1. The Morgan fingerprint density at radius 2 is 0.944 bits per heavy atom. The van der Waals surface area contributed by atoms with Crippen molar-refractivity contribution in [1.82, 2.24) is 5.32 Å². The second-order valence-corrected chi connectivity index (χ2v) is 6.99. The third-order valence-electron chi connectivity index (χ3n) is 3.95. The minimum Gasteiger partial charge on any atom is -0.481 e. The van der Waals surface area contributed by atoms with E-state index in [1.165, 1.54) is 0 Å². The van der Waals surface area contributed by atoms with E-state index in [2.05, 4.69) is 17.2 Å². The van der Waals surface area contributed by atoms with E-state index in [9.17, 15) is 19.2 Å². The highest BCUT2D eigenvalue weighted by Gasteiger charge is 2.01. The van der Waals surface area contributed by atoms with Crippen molar-refractivity contribution in [2.24, 2.45) is 0 Å². The summed E-state index contributed by atoms with van der Waals surface area (Å²) in [5, 5.41) is 19.4. The number of carboxylic acids is 2. The van der Waals surface area contributed by atoms with E-state index in [1.807, 2.05) is 0 Å². The molecule has 0 aliphatic carbocycles. The van der Waals surface area contributed by atoms with Crippen molar-refractivity contribution in [2.75, 3.05) is 85.8 Å². The van der Waals surface area contributed by atoms with Crippen molar-refractivity contribution in [3.05, 3.63) is 0 Å². The first-order valence-corrected chi connectivity index (χ1v) is 11.6. The summed E-state index contributed by atoms with van der Waals surface area (Å²) >= 11 is 0. The van der Waals surface area contributed by atoms with Crippen molar-refractivity contribution < 1.29 is 57.8 Å². The Morgan fingerprint density at radius 1 is 0.528 bits per heavy atom. The van der Waals surface area contributed by atoms with Crippen molar-refractivity contribution in [3.63, 3.8) is 0 Å². The van der Waals surface area contributed by atoms with E-state index >= 15 is 0 Å². The van der Waals surface area contributed by atoms with Gasteiger partial charge in [-0.1, -0.05) is 0 Å². The van der Waals surface area contributed by atoms with Gasteiger partial charge in [0.15, 0.2) is 0 Å². The predicted molar refractivity (Wildman–Crippen MR) is 124 cm³/mol. The normalized spacial score (nSPS) is 10.4. The van der Waals surface area contributed by atoms with Crippen molar-refractivity contribution in [1.29, 1.82) is 0 Å². The fourth-order valence-corrected chi connectivity index (χ4v) is 2.21. The topological polar surface area (TPSA) is 176 Å². The molecule has 13 nitrogen and oxygen atoms in total. The van der Waals surface area contributed by atoms with E-state index in [4.69, 9.17) is 38.6 Å². The largest absolute Gasteiger partial charge is 0.481 e. The third kappa shape index (κ3) is 27.6. The van der Waals surface area contributed by atoms with Gasteiger partial charge in [-0.05, 0) is 12.3 Å². The molecular weight excluding hydrogens is 482 g/mol. The van der Waals surface area contributed by atoms with E-state index in [0.29, 0.717) is 65.9 Å². The van der Waals surface area contributed by atoms with Gasteiger partial charge in [-0.2, -0.15) is 0 Å². The molecule has 3 N–H and O–H groups in total. The van der Waals surface area contributed by atoms with Crippen LogP contribution in [0.2, 0.25) is 0 Å². The number of aliphatic carboxylic acids is 2. The smallest absolute Gasteiger partial charge is 0.305 e. The molecule has 0 saturated heterocycles. The van der Waals surface area contributed by atoms with Crippen LogP contribution in [0.15, 0.2) is 0 Å². The van der Waals surface area contributed by atoms with E-state index in [1.54, 1.807) is 0 Å². The summed E-state index contributed by atoms with van der Waals surface area (Å²) in [4.78, 5) is 43.9. The minimum absolute atomic E-state index is 0.0400. The maximum Gasteiger partial charge on any atom is 0.305 e. The molecular formula is C23H37NO12. The van der Waals surface area contributed by atoms with Crippen LogP contribution in [0, 0.1) is 11.8 Å². The number of carbonyl (C=O) groups is 4. The number of Topliss-reactive ketones (excluding diaryl/α,β-unsaturated/α-hetero) is 1. The summed E-state index contributed by atoms with van der Waals surface area (Å²) in [6.07, 6.45) is 0.559. The highest BCUT2D eigenvalue weighted by molar-refractivity contribution is 6.03. The Kier molecular flexibility index (Phi) is 23.7. The molecule has 0 fully saturated rings. The molecule has 0 rings (SSSR count). The number of carboxylic acid groups (broad SMARTS) is 2. The van der Waals surface area contributed by atoms with Gasteiger partial charge in [-0.3, -0.25) is 19.2 Å². The molecule has 0 heterocycles. The summed E-state index contributed by atoms with van der Waals surface area (Å²) in [5.74, 6) is 1.78. The molecule has 0 atom stereocenters. The van der Waals surface area contributed by atoms with Gasteiger partial charge in [-0.15, -0.1) is 0 Å². The maximum absolute atomic E-state index is 11.7. The highest BCUT2D eigenvalue weighted by atomic mass is 16.5. The van der Waals surface area contributed by atoms with Crippen LogP contribution in [0.1, 0.15) is 25.7 Å². The Balaban J connectivity index is 3.43. The van der Waals surface area contributed by atoms with Crippen LogP contribution in [0.5, 0.6) is 0 Å². The summed E-state index contributed by atoms with van der Waals surface area (Å²) in [5.41, 5.74) is 0. The maximum atomic E-state index is 11.7. The lowest BCUT2D eigenvalue weighted by Gasteiger charge is -2.06. The molecule has 13 heteroatoms. The number of carbonyl (C=O) groups excluding carboxylic acids is 2. The molecule has 0 aliphatic rings. The van der Waals surface area contributed by atoms with Crippen molar-refractivity contribution >= 4 is 23.6 Å². The van der Waals surface area contributed by atoms with E-state index < -0.39 is 17.8 Å². The molecule has 36 heavy (non-hydrogen) atoms. The van der Waals surface area contributed by atoms with Gasteiger partial charge in [0.2, 0.25) is 5.78 Å². The van der Waals surface area contributed by atoms with E-state index in [-0.39, 0.29) is 51.4 Å². The SMILES string of the molecule is O=C(O)CCOCCOCCOCCCC(=O)C#CC(=O)NCCOCCOCCOCCC(=O)O. The van der Waals surface area contributed by atoms with Crippen LogP contribution >= 0.6 is 0 Å². The Bertz CT molecular complexity index is 620. The molecule has 0 aromatic heterocycles. The predicted octanol–water partition coefficient (Wildman–Crippen LogP) is -0.496. The van der Waals surface area contributed by atoms with Crippen LogP contribution in [0.4, 0.5) is 0 Å². The fraction of sp³-hybridized carbons (Fsp3) is 0.739. The zero-order valence-corrected chi connectivity index (χ0v) is 20.5. The summed E-state index contributed by atoms with van der Waals surface area (Å²) in [6, 6.07) is 0. The number of rotatable bonds is 25. The van der Waals surface area contributed by atoms with Crippen LogP contribution in [-0.4, -0.2) is 120 Å². The van der Waals surface area contributed by atoms with Crippen LogP contribution in [0.25, 0.3) is 0 Å². The second-order valence-electron chi connectivity index (χ2n) is 6.99. The number of hydrogen-bond acceptors (Lipinski definition) is 10. The Labute approximate surface area is 210 Å². The summed E-state index contributed by atoms with van der Waals surface area (Å²) in [7, 11) is 0. The second kappa shape index (κ2) is 25.5. The molecule has 206 valence electrons. The molecule has 0 aliphatic heterocycles. The van der Waals surface area contributed by atoms with Gasteiger partial charge in [0.1, 0.15) is 0 Å². The zero-order valence-electron chi connectivity index (χ0n) is 20.5. The number of ether oxygens (including phenoxy) is 6. The number of amides is 1. The average molecular weight is 520 g/mol. The lowest BCUT2D eigenvalue weighted by molar-refractivity contribution is -0.139. The molecule has 0 aromatic rings. The van der Waals surface area contributed by atoms with E-state index in [0.717, 1.165) is 0 Å². The highest BCUT2D eigenvalue weighted by Crippen LogP contribution is 1.92. The summed E-state index contributed by atoms with van der Waals surface area (Å²) in [6.45, 7) is 3.83. The third-order valence-corrected chi connectivity index (χ3v) is 3.95. The molecule has 0 bridgehead atoms. The summed E-state index contributed by atoms with van der Waals surface area (Å²) < 4.78 is 31.2. The Hall–Kier alpha value is -2.60. The van der Waals surface area contributed by atoms with Gasteiger partial charge in [0, 0.05) is 25.5 Å². The first kappa shape index (κ1) is 33.4. The van der Waals surface area contributed by atoms with Crippen LogP contribution in [-0.2, 0) is 47.6 Å². The monoisotopic (exact) mass is 519 g/mol. The lowest BCUT2D eigenvalue weighted by Crippen LogP contribution is -2.26. The quantitative estimate of drug-likeness (QED) is 0.0802. The molecule has 0 spiro atoms.